The third-order valence-corrected chi connectivity index (χ3v) is 12.5. The number of benzene rings is 7. The molecule has 0 atom stereocenters. The number of hydrogen-bond donors (Lipinski definition) is 0. The molecule has 0 N–H and O–H groups in total. The van der Waals surface area contributed by atoms with E-state index in [1.54, 1.807) is 24.3 Å². The molecule has 0 spiro atoms. The summed E-state index contributed by atoms with van der Waals surface area (Å²) < 4.78 is 12.0. The number of hydrogen-bond acceptors (Lipinski definition) is 8. The summed E-state index contributed by atoms with van der Waals surface area (Å²) in [5.74, 6) is 13.9. The largest absolute Gasteiger partial charge is 0.426 e. The van der Waals surface area contributed by atoms with Crippen LogP contribution in [0, 0.1) is 43.9 Å². The second-order valence-electron chi connectivity index (χ2n) is 22.4. The van der Waals surface area contributed by atoms with Crippen molar-refractivity contribution in [3.8, 4) is 57.4 Å². The van der Waals surface area contributed by atoms with E-state index in [1.165, 1.54) is 38.1 Å². The predicted molar refractivity (Wildman–Crippen MR) is 288 cm³/mol. The molecular formula is C62H60N2O8. The molecule has 7 aromatic rings. The van der Waals surface area contributed by atoms with Crippen molar-refractivity contribution >= 4 is 44.9 Å². The summed E-state index contributed by atoms with van der Waals surface area (Å²) in [5, 5.41) is 26.3. The van der Waals surface area contributed by atoms with Gasteiger partial charge in [0.1, 0.15) is 11.5 Å². The third kappa shape index (κ3) is 11.1. The summed E-state index contributed by atoms with van der Waals surface area (Å²) in [6.07, 6.45) is 0. The molecule has 10 heteroatoms. The Bertz CT molecular complexity index is 3270. The van der Waals surface area contributed by atoms with Gasteiger partial charge in [-0.05, 0) is 126 Å². The molecule has 7 aromatic carbocycles. The van der Waals surface area contributed by atoms with Crippen LogP contribution in [0.3, 0.4) is 0 Å². The van der Waals surface area contributed by atoms with E-state index in [-0.39, 0.29) is 11.4 Å². The fourth-order valence-corrected chi connectivity index (χ4v) is 8.79. The number of carbonyl (C=O) groups is 2. The molecule has 0 heterocycles. The van der Waals surface area contributed by atoms with Crippen molar-refractivity contribution in [2.45, 2.75) is 119 Å². The summed E-state index contributed by atoms with van der Waals surface area (Å²) in [4.78, 5) is 47.5. The van der Waals surface area contributed by atoms with E-state index in [0.29, 0.717) is 33.8 Å². The maximum atomic E-state index is 12.6. The standard InChI is InChI=1S/C62H60N2O8/c1-37(65)71-57-53(59(3,4)5)33-43(34-54(57)60(6,7)8)41-21-29-48-47(27-19-39-15-23-45(24-16-39)63(67)68)49-30-22-42(44-35-55(61(9,10)11)58(72-38(2)66)56(36-44)62(12,13)14)32-52(49)50(51(48)31-41)28-20-40-17-25-46(26-18-40)64(69)70/h15-18,21-26,29-36H,1-14H3. The summed E-state index contributed by atoms with van der Waals surface area (Å²) in [5.41, 5.74) is 7.89. The molecule has 0 aliphatic carbocycles. The Balaban J connectivity index is 1.64. The zero-order valence-corrected chi connectivity index (χ0v) is 43.6. The molecular weight excluding hydrogens is 901 g/mol. The lowest BCUT2D eigenvalue weighted by atomic mass is 9.77. The number of carbonyl (C=O) groups excluding carboxylic acids is 2. The van der Waals surface area contributed by atoms with Crippen molar-refractivity contribution in [1.29, 1.82) is 0 Å². The topological polar surface area (TPSA) is 139 Å². The molecule has 0 amide bonds. The average molecular weight is 961 g/mol. The van der Waals surface area contributed by atoms with Gasteiger partial charge in [0.25, 0.3) is 11.4 Å². The number of ether oxygens (including phenoxy) is 2. The molecule has 366 valence electrons. The lowest BCUT2D eigenvalue weighted by Crippen LogP contribution is -2.21. The molecule has 0 bridgehead atoms. The number of nitro benzene ring substituents is 2. The van der Waals surface area contributed by atoms with Gasteiger partial charge in [-0.1, -0.05) is 131 Å². The second-order valence-corrected chi connectivity index (χ2v) is 22.4. The molecule has 0 unspecified atom stereocenters. The molecule has 72 heavy (non-hydrogen) atoms. The third-order valence-electron chi connectivity index (χ3n) is 12.5. The monoisotopic (exact) mass is 960 g/mol. The van der Waals surface area contributed by atoms with Crippen molar-refractivity contribution in [2.24, 2.45) is 0 Å². The second kappa shape index (κ2) is 19.3. The highest BCUT2D eigenvalue weighted by molar-refractivity contribution is 6.12. The van der Waals surface area contributed by atoms with Crippen LogP contribution >= 0.6 is 0 Å². The highest BCUT2D eigenvalue weighted by Gasteiger charge is 2.31. The van der Waals surface area contributed by atoms with E-state index in [4.69, 9.17) is 9.47 Å². The Hall–Kier alpha value is -8.08. The Morgan fingerprint density at radius 2 is 0.694 bits per heavy atom. The van der Waals surface area contributed by atoms with Crippen molar-refractivity contribution < 1.29 is 28.9 Å². The minimum absolute atomic E-state index is 0.0392. The average Bonchev–Trinajstić information content (AvgIpc) is 3.28. The van der Waals surface area contributed by atoms with Crippen LogP contribution in [0.4, 0.5) is 11.4 Å². The number of fused-ring (bicyclic) bond motifs is 2. The number of rotatable bonds is 6. The van der Waals surface area contributed by atoms with Gasteiger partial charge >= 0.3 is 11.9 Å². The van der Waals surface area contributed by atoms with E-state index in [0.717, 1.165) is 66.1 Å². The highest BCUT2D eigenvalue weighted by Crippen LogP contribution is 2.46. The first-order valence-electron chi connectivity index (χ1n) is 23.8. The predicted octanol–water partition coefficient (Wildman–Crippen LogP) is 15.0. The Morgan fingerprint density at radius 1 is 0.403 bits per heavy atom. The van der Waals surface area contributed by atoms with Crippen LogP contribution in [0.2, 0.25) is 0 Å². The van der Waals surface area contributed by atoms with Crippen LogP contribution in [0.5, 0.6) is 11.5 Å². The van der Waals surface area contributed by atoms with Crippen LogP contribution in [-0.2, 0) is 31.2 Å². The molecule has 7 rings (SSSR count). The summed E-state index contributed by atoms with van der Waals surface area (Å²) >= 11 is 0. The zero-order valence-electron chi connectivity index (χ0n) is 43.6. The van der Waals surface area contributed by atoms with Gasteiger partial charge in [0.05, 0.1) is 9.85 Å². The van der Waals surface area contributed by atoms with Gasteiger partial charge in [-0.2, -0.15) is 0 Å². The molecule has 0 saturated carbocycles. The summed E-state index contributed by atoms with van der Waals surface area (Å²) in [6.45, 7) is 28.0. The molecule has 10 nitrogen and oxygen atoms in total. The molecule has 0 aliphatic heterocycles. The molecule has 0 aliphatic rings. The minimum Gasteiger partial charge on any atom is -0.426 e. The first-order chi connectivity index (χ1) is 33.5. The van der Waals surface area contributed by atoms with E-state index in [9.17, 15) is 29.8 Å². The van der Waals surface area contributed by atoms with Crippen molar-refractivity contribution in [1.82, 2.24) is 0 Å². The fraction of sp³-hybridized carbons (Fsp3) is 0.290. The fourth-order valence-electron chi connectivity index (χ4n) is 8.79. The maximum Gasteiger partial charge on any atom is 0.308 e. The van der Waals surface area contributed by atoms with Gasteiger partial charge in [0.15, 0.2) is 0 Å². The number of nitrogens with zero attached hydrogens (tertiary/aromatic N) is 2. The van der Waals surface area contributed by atoms with Crippen LogP contribution in [0.25, 0.3) is 43.8 Å². The van der Waals surface area contributed by atoms with Crippen molar-refractivity contribution in [2.75, 3.05) is 0 Å². The Morgan fingerprint density at radius 3 is 0.958 bits per heavy atom. The molecule has 0 saturated heterocycles. The van der Waals surface area contributed by atoms with E-state index >= 15 is 0 Å². The Labute approximate surface area is 422 Å². The van der Waals surface area contributed by atoms with Crippen molar-refractivity contribution in [3.05, 3.63) is 174 Å². The van der Waals surface area contributed by atoms with Crippen LogP contribution in [0.1, 0.15) is 141 Å². The lowest BCUT2D eigenvalue weighted by Gasteiger charge is -2.30. The normalized spacial score (nSPS) is 11.9. The van der Waals surface area contributed by atoms with Crippen LogP contribution < -0.4 is 9.47 Å². The van der Waals surface area contributed by atoms with Crippen LogP contribution in [0.15, 0.2) is 109 Å². The number of esters is 2. The SMILES string of the molecule is CC(=O)Oc1c(C(C)(C)C)cc(-c2ccc3c(C#Cc4ccc([N+](=O)[O-])cc4)c4ccc(-c5cc(C(C)(C)C)c(OC(C)=O)c(C(C)(C)C)c5)cc4c(C#Cc4ccc([N+](=O)[O-])cc4)c3c2)cc1C(C)(C)C. The van der Waals surface area contributed by atoms with E-state index in [1.807, 2.05) is 12.1 Å². The smallest absolute Gasteiger partial charge is 0.308 e. The number of nitro groups is 2. The Kier molecular flexibility index (Phi) is 13.8. The molecule has 0 aromatic heterocycles. The quantitative estimate of drug-likeness (QED) is 0.0401. The van der Waals surface area contributed by atoms with Crippen LogP contribution in [-0.4, -0.2) is 21.8 Å². The van der Waals surface area contributed by atoms with E-state index < -0.39 is 43.4 Å². The van der Waals surface area contributed by atoms with Gasteiger partial charge in [-0.15, -0.1) is 0 Å². The summed E-state index contributed by atoms with van der Waals surface area (Å²) in [6, 6.07) is 33.0. The first kappa shape index (κ1) is 51.8. The van der Waals surface area contributed by atoms with Gasteiger partial charge in [-0.3, -0.25) is 29.8 Å². The van der Waals surface area contributed by atoms with Gasteiger partial charge in [-0.25, -0.2) is 0 Å². The first-order valence-corrected chi connectivity index (χ1v) is 23.8. The zero-order chi connectivity index (χ0) is 52.8. The minimum atomic E-state index is -0.443. The molecule has 0 radical (unpaired) electrons. The van der Waals surface area contributed by atoms with Gasteiger partial charge in [0.2, 0.25) is 0 Å². The number of non-ortho nitro benzene ring substituents is 2. The lowest BCUT2D eigenvalue weighted by molar-refractivity contribution is -0.385. The molecule has 0 fully saturated rings. The van der Waals surface area contributed by atoms with Crippen molar-refractivity contribution in [3.63, 3.8) is 0 Å². The maximum absolute atomic E-state index is 12.6. The van der Waals surface area contributed by atoms with E-state index in [2.05, 4.69) is 155 Å². The summed E-state index contributed by atoms with van der Waals surface area (Å²) in [7, 11) is 0. The van der Waals surface area contributed by atoms with Gasteiger partial charge in [0, 0.05) is 82.6 Å². The van der Waals surface area contributed by atoms with Gasteiger partial charge < -0.3 is 9.47 Å². The highest BCUT2D eigenvalue weighted by atomic mass is 16.6.